The van der Waals surface area contributed by atoms with Gasteiger partial charge in [-0.25, -0.2) is 8.78 Å². The molecule has 0 aliphatic carbocycles. The Hall–Kier alpha value is -2.48. The molecular weight excluding hydrogens is 396 g/mol. The molecule has 5 nitrogen and oxygen atoms in total. The molecule has 0 bridgehead atoms. The van der Waals surface area contributed by atoms with Crippen molar-refractivity contribution >= 4 is 23.6 Å². The first kappa shape index (κ1) is 21.2. The lowest BCUT2D eigenvalue weighted by atomic mass is 10.0. The Bertz CT molecular complexity index is 879. The van der Waals surface area contributed by atoms with E-state index in [0.29, 0.717) is 6.42 Å². The molecule has 2 amide bonds. The van der Waals surface area contributed by atoms with Crippen LogP contribution in [-0.4, -0.2) is 33.5 Å². The summed E-state index contributed by atoms with van der Waals surface area (Å²) < 4.78 is 27.7. The number of thioether (sulfide) groups is 1. The van der Waals surface area contributed by atoms with Gasteiger partial charge in [0.2, 0.25) is 11.8 Å². The number of aromatic nitrogens is 1. The molecule has 8 heteroatoms. The Morgan fingerprint density at radius 2 is 2.14 bits per heavy atom. The second-order valence-corrected chi connectivity index (χ2v) is 8.42. The summed E-state index contributed by atoms with van der Waals surface area (Å²) in [4.78, 5) is 31.1. The van der Waals surface area contributed by atoms with Gasteiger partial charge in [-0.1, -0.05) is 26.0 Å². The molecule has 1 N–H and O–H groups in total. The molecule has 1 aromatic carbocycles. The highest BCUT2D eigenvalue weighted by Crippen LogP contribution is 2.42. The van der Waals surface area contributed by atoms with Crippen molar-refractivity contribution in [3.05, 3.63) is 65.5 Å². The van der Waals surface area contributed by atoms with E-state index >= 15 is 0 Å². The maximum Gasteiger partial charge on any atom is 0.243 e. The van der Waals surface area contributed by atoms with Crippen molar-refractivity contribution in [2.45, 2.75) is 38.2 Å². The summed E-state index contributed by atoms with van der Waals surface area (Å²) in [7, 11) is 0. The molecule has 0 saturated carbocycles. The van der Waals surface area contributed by atoms with Gasteiger partial charge in [0.1, 0.15) is 23.1 Å². The quantitative estimate of drug-likeness (QED) is 0.744. The van der Waals surface area contributed by atoms with E-state index in [1.54, 1.807) is 18.5 Å². The zero-order chi connectivity index (χ0) is 21.0. The number of hydrogen-bond acceptors (Lipinski definition) is 4. The van der Waals surface area contributed by atoms with Gasteiger partial charge in [-0.15, -0.1) is 11.8 Å². The number of nitrogens with zero attached hydrogens (tertiary/aromatic N) is 2. The van der Waals surface area contributed by atoms with Crippen molar-refractivity contribution in [3.63, 3.8) is 0 Å². The fraction of sp³-hybridized carbons (Fsp3) is 0.381. The van der Waals surface area contributed by atoms with Crippen LogP contribution in [0.5, 0.6) is 0 Å². The molecule has 1 fully saturated rings. The Balaban J connectivity index is 1.84. The summed E-state index contributed by atoms with van der Waals surface area (Å²) in [6.45, 7) is 4.21. The highest BCUT2D eigenvalue weighted by Gasteiger charge is 2.42. The van der Waals surface area contributed by atoms with Crippen molar-refractivity contribution in [2.24, 2.45) is 5.92 Å². The van der Waals surface area contributed by atoms with Gasteiger partial charge >= 0.3 is 0 Å². The number of pyridine rings is 1. The van der Waals surface area contributed by atoms with E-state index in [2.05, 4.69) is 10.3 Å². The number of amides is 2. The molecule has 1 aliphatic heterocycles. The van der Waals surface area contributed by atoms with Gasteiger partial charge in [0.15, 0.2) is 0 Å². The van der Waals surface area contributed by atoms with Crippen LogP contribution < -0.4 is 5.32 Å². The minimum absolute atomic E-state index is 0.140. The monoisotopic (exact) mass is 419 g/mol. The van der Waals surface area contributed by atoms with Crippen molar-refractivity contribution < 1.29 is 18.4 Å². The van der Waals surface area contributed by atoms with Crippen LogP contribution in [0.25, 0.3) is 0 Å². The number of carbonyl (C=O) groups excluding carboxylic acids is 2. The SMILES string of the molecule is CC(C)CC(C(=O)NCc1cccnc1)N1C(=O)CSC1c1ccc(F)cc1F. The van der Waals surface area contributed by atoms with Crippen molar-refractivity contribution in [2.75, 3.05) is 5.75 Å². The molecule has 2 unspecified atom stereocenters. The van der Waals surface area contributed by atoms with Crippen LogP contribution in [0.15, 0.2) is 42.7 Å². The van der Waals surface area contributed by atoms with Crippen LogP contribution in [0.3, 0.4) is 0 Å². The first-order valence-electron chi connectivity index (χ1n) is 9.41. The number of carbonyl (C=O) groups is 2. The Kier molecular flexibility index (Phi) is 6.84. The van der Waals surface area contributed by atoms with Gasteiger partial charge in [0, 0.05) is 30.6 Å². The van der Waals surface area contributed by atoms with E-state index in [1.807, 2.05) is 19.9 Å². The highest BCUT2D eigenvalue weighted by molar-refractivity contribution is 8.00. The number of halogens is 2. The van der Waals surface area contributed by atoms with Crippen molar-refractivity contribution in [1.29, 1.82) is 0 Å². The van der Waals surface area contributed by atoms with Gasteiger partial charge in [-0.05, 0) is 30.0 Å². The summed E-state index contributed by atoms with van der Waals surface area (Å²) in [6, 6.07) is 6.19. The van der Waals surface area contributed by atoms with Gasteiger partial charge in [-0.2, -0.15) is 0 Å². The molecular formula is C21H23F2N3O2S. The highest BCUT2D eigenvalue weighted by atomic mass is 32.2. The molecule has 2 heterocycles. The standard InChI is InChI=1S/C21H23F2N3O2S/c1-13(2)8-18(20(28)25-11-14-4-3-7-24-10-14)26-19(27)12-29-21(26)16-6-5-15(22)9-17(16)23/h3-7,9-10,13,18,21H,8,11-12H2,1-2H3,(H,25,28). The van der Waals surface area contributed by atoms with E-state index in [1.165, 1.54) is 28.8 Å². The minimum atomic E-state index is -0.747. The summed E-state index contributed by atoms with van der Waals surface area (Å²) in [5, 5.41) is 2.19. The van der Waals surface area contributed by atoms with E-state index in [0.717, 1.165) is 11.6 Å². The summed E-state index contributed by atoms with van der Waals surface area (Å²) in [5.41, 5.74) is 1.04. The lowest BCUT2D eigenvalue weighted by Crippen LogP contribution is -2.49. The molecule has 1 saturated heterocycles. The second-order valence-electron chi connectivity index (χ2n) is 7.35. The lowest BCUT2D eigenvalue weighted by Gasteiger charge is -2.33. The normalized spacial score (nSPS) is 17.6. The second kappa shape index (κ2) is 9.35. The third kappa shape index (κ3) is 5.12. The van der Waals surface area contributed by atoms with Gasteiger partial charge < -0.3 is 10.2 Å². The zero-order valence-electron chi connectivity index (χ0n) is 16.3. The molecule has 154 valence electrons. The molecule has 2 aromatic rings. The fourth-order valence-corrected chi connectivity index (χ4v) is 4.56. The van der Waals surface area contributed by atoms with E-state index in [9.17, 15) is 18.4 Å². The average molecular weight is 419 g/mol. The first-order valence-corrected chi connectivity index (χ1v) is 10.5. The maximum absolute atomic E-state index is 14.4. The lowest BCUT2D eigenvalue weighted by molar-refractivity contribution is -0.139. The molecule has 29 heavy (non-hydrogen) atoms. The molecule has 0 radical (unpaired) electrons. The zero-order valence-corrected chi connectivity index (χ0v) is 17.1. The van der Waals surface area contributed by atoms with Crippen molar-refractivity contribution in [3.8, 4) is 0 Å². The summed E-state index contributed by atoms with van der Waals surface area (Å²) in [6.07, 6.45) is 3.74. The van der Waals surface area contributed by atoms with E-state index in [-0.39, 0.29) is 35.6 Å². The number of hydrogen-bond donors (Lipinski definition) is 1. The van der Waals surface area contributed by atoms with Crippen LogP contribution >= 0.6 is 11.8 Å². The van der Waals surface area contributed by atoms with Crippen LogP contribution in [0.4, 0.5) is 8.78 Å². The Morgan fingerprint density at radius 1 is 1.34 bits per heavy atom. The molecule has 1 aromatic heterocycles. The molecule has 2 atom stereocenters. The number of benzene rings is 1. The molecule has 0 spiro atoms. The predicted molar refractivity (Wildman–Crippen MR) is 108 cm³/mol. The predicted octanol–water partition coefficient (Wildman–Crippen LogP) is 3.66. The van der Waals surface area contributed by atoms with Crippen LogP contribution in [0.2, 0.25) is 0 Å². The van der Waals surface area contributed by atoms with E-state index in [4.69, 9.17) is 0 Å². The minimum Gasteiger partial charge on any atom is -0.350 e. The molecule has 1 aliphatic rings. The van der Waals surface area contributed by atoms with Crippen LogP contribution in [0.1, 0.15) is 36.8 Å². The molecule has 3 rings (SSSR count). The number of rotatable bonds is 7. The maximum atomic E-state index is 14.4. The third-order valence-electron chi connectivity index (χ3n) is 4.66. The van der Waals surface area contributed by atoms with Crippen LogP contribution in [-0.2, 0) is 16.1 Å². The Labute approximate surface area is 172 Å². The van der Waals surface area contributed by atoms with Crippen LogP contribution in [0, 0.1) is 17.6 Å². The fourth-order valence-electron chi connectivity index (χ4n) is 3.32. The summed E-state index contributed by atoms with van der Waals surface area (Å²) >= 11 is 1.24. The largest absolute Gasteiger partial charge is 0.350 e. The average Bonchev–Trinajstić information content (AvgIpc) is 3.06. The van der Waals surface area contributed by atoms with Gasteiger partial charge in [0.25, 0.3) is 0 Å². The summed E-state index contributed by atoms with van der Waals surface area (Å²) in [5.74, 6) is -1.65. The van der Waals surface area contributed by atoms with Gasteiger partial charge in [-0.3, -0.25) is 14.6 Å². The van der Waals surface area contributed by atoms with E-state index < -0.39 is 23.1 Å². The van der Waals surface area contributed by atoms with Gasteiger partial charge in [0.05, 0.1) is 5.75 Å². The smallest absolute Gasteiger partial charge is 0.243 e. The number of nitrogens with one attached hydrogen (secondary N) is 1. The Morgan fingerprint density at radius 3 is 2.79 bits per heavy atom. The topological polar surface area (TPSA) is 62.3 Å². The van der Waals surface area contributed by atoms with Crippen molar-refractivity contribution in [1.82, 2.24) is 15.2 Å². The first-order chi connectivity index (χ1) is 13.9. The third-order valence-corrected chi connectivity index (χ3v) is 5.87.